The van der Waals surface area contributed by atoms with Gasteiger partial charge in [-0.2, -0.15) is 0 Å². The molecule has 2 atom stereocenters. The Morgan fingerprint density at radius 1 is 1.40 bits per heavy atom. The van der Waals surface area contributed by atoms with Crippen LogP contribution in [0.15, 0.2) is 34.5 Å². The van der Waals surface area contributed by atoms with Gasteiger partial charge in [0.05, 0.1) is 10.7 Å². The highest BCUT2D eigenvalue weighted by Crippen LogP contribution is 2.16. The summed E-state index contributed by atoms with van der Waals surface area (Å²) >= 11 is 5.82. The number of benzene rings is 1. The first-order valence-corrected chi connectivity index (χ1v) is 9.54. The number of carbonyl (C=O) groups excluding carboxylic acids is 2. The highest BCUT2D eigenvalue weighted by Gasteiger charge is 2.20. The number of aryl methyl sites for hydroxylation is 1. The maximum atomic E-state index is 12.5. The van der Waals surface area contributed by atoms with Crippen molar-refractivity contribution in [1.29, 1.82) is 0 Å². The number of amides is 1. The van der Waals surface area contributed by atoms with Crippen LogP contribution >= 0.6 is 24.0 Å². The third-order valence-electron chi connectivity index (χ3n) is 3.94. The molecule has 0 aliphatic heterocycles. The Morgan fingerprint density at radius 2 is 2.16 bits per heavy atom. The van der Waals surface area contributed by atoms with E-state index in [9.17, 15) is 9.59 Å². The fraction of sp³-hybridized carbons (Fsp3) is 0.389. The number of rotatable bonds is 8. The highest BCUT2D eigenvalue weighted by atomic mass is 32.1. The van der Waals surface area contributed by atoms with E-state index in [1.165, 1.54) is 11.3 Å². The Balaban J connectivity index is 2.12. The van der Waals surface area contributed by atoms with E-state index in [-0.39, 0.29) is 23.5 Å². The second-order valence-corrected chi connectivity index (χ2v) is 7.52. The van der Waals surface area contributed by atoms with Crippen molar-refractivity contribution in [1.82, 2.24) is 10.3 Å². The van der Waals surface area contributed by atoms with Gasteiger partial charge in [-0.15, -0.1) is 24.0 Å². The number of aromatic nitrogens is 1. The molecule has 1 N–H and O–H groups in total. The summed E-state index contributed by atoms with van der Waals surface area (Å²) in [6, 6.07) is 7.54. The number of nitrogens with one attached hydrogen (secondary N) is 1. The first kappa shape index (κ1) is 19.7. The van der Waals surface area contributed by atoms with Crippen molar-refractivity contribution in [3.05, 3.63) is 45.9 Å². The molecule has 130 valence electrons. The van der Waals surface area contributed by atoms with Crippen LogP contribution < -0.4 is 5.32 Å². The molecule has 25 heavy (non-hydrogen) atoms. The van der Waals surface area contributed by atoms with Crippen molar-refractivity contribution in [3.63, 3.8) is 0 Å². The second-order valence-electron chi connectivity index (χ2n) is 6.06. The molecule has 2 unspecified atom stereocenters. The van der Waals surface area contributed by atoms with E-state index in [2.05, 4.69) is 22.9 Å². The maximum Gasteiger partial charge on any atom is 0.270 e. The SMILES string of the molecule is [B]C(=O)C(C)CC(Cc1cccc(S)c1)NC(=O)c1csc(CC)n1. The Morgan fingerprint density at radius 3 is 2.76 bits per heavy atom. The summed E-state index contributed by atoms with van der Waals surface area (Å²) in [4.78, 5) is 29.1. The molecule has 0 spiro atoms. The number of hydrogen-bond donors (Lipinski definition) is 2. The molecule has 2 rings (SSSR count). The van der Waals surface area contributed by atoms with Crippen LogP contribution in [0.2, 0.25) is 0 Å². The molecular formula is C18H21BN2O2S2. The zero-order chi connectivity index (χ0) is 18.4. The van der Waals surface area contributed by atoms with Crippen LogP contribution in [0.1, 0.15) is 41.3 Å². The molecule has 1 heterocycles. The van der Waals surface area contributed by atoms with E-state index in [0.717, 1.165) is 21.9 Å². The molecule has 0 aliphatic carbocycles. The normalized spacial score (nSPS) is 13.2. The minimum atomic E-state index is -0.371. The fourth-order valence-electron chi connectivity index (χ4n) is 2.54. The van der Waals surface area contributed by atoms with E-state index < -0.39 is 0 Å². The molecular weight excluding hydrogens is 351 g/mol. The Labute approximate surface area is 159 Å². The van der Waals surface area contributed by atoms with Gasteiger partial charge >= 0.3 is 0 Å². The lowest BCUT2D eigenvalue weighted by molar-refractivity contribution is -0.115. The summed E-state index contributed by atoms with van der Waals surface area (Å²) in [5.41, 5.74) is 1.09. The Kier molecular flexibility index (Phi) is 7.26. The lowest BCUT2D eigenvalue weighted by atomic mass is 9.85. The van der Waals surface area contributed by atoms with Gasteiger partial charge < -0.3 is 10.1 Å². The summed E-state index contributed by atoms with van der Waals surface area (Å²) in [6.45, 7) is 3.77. The molecule has 0 saturated carbocycles. The lowest BCUT2D eigenvalue weighted by Crippen LogP contribution is -2.38. The van der Waals surface area contributed by atoms with E-state index >= 15 is 0 Å². The Hall–Kier alpha value is -1.60. The average molecular weight is 372 g/mol. The summed E-state index contributed by atoms with van der Waals surface area (Å²) in [5, 5.41) is 5.68. The van der Waals surface area contributed by atoms with Crippen LogP contribution in [0, 0.1) is 5.92 Å². The van der Waals surface area contributed by atoms with Crippen molar-refractivity contribution >= 4 is 43.4 Å². The molecule has 4 nitrogen and oxygen atoms in total. The molecule has 2 radical (unpaired) electrons. The maximum absolute atomic E-state index is 12.5. The summed E-state index contributed by atoms with van der Waals surface area (Å²) < 4.78 is 0. The third kappa shape index (κ3) is 6.01. The van der Waals surface area contributed by atoms with E-state index in [1.54, 1.807) is 12.3 Å². The van der Waals surface area contributed by atoms with Gasteiger partial charge in [-0.1, -0.05) is 26.0 Å². The van der Waals surface area contributed by atoms with Gasteiger partial charge in [0.2, 0.25) is 0 Å². The van der Waals surface area contributed by atoms with Gasteiger partial charge in [0, 0.05) is 22.2 Å². The standard InChI is InChI=1S/C18H21BN2O2S2/c1-3-16-21-15(10-25-16)18(23)20-13(7-11(2)17(19)22)8-12-5-4-6-14(24)9-12/h4-6,9-11,13,24H,3,7-8H2,1-2H3,(H,20,23). The molecule has 7 heteroatoms. The van der Waals surface area contributed by atoms with Crippen LogP contribution in [-0.4, -0.2) is 30.5 Å². The Bertz CT molecular complexity index is 748. The fourth-order valence-corrected chi connectivity index (χ4v) is 3.52. The summed E-state index contributed by atoms with van der Waals surface area (Å²) in [5.74, 6) is -0.550. The summed E-state index contributed by atoms with van der Waals surface area (Å²) in [6.07, 6.45) is 1.87. The predicted octanol–water partition coefficient (Wildman–Crippen LogP) is 3.06. The molecule has 0 aliphatic rings. The average Bonchev–Trinajstić information content (AvgIpc) is 3.03. The van der Waals surface area contributed by atoms with Crippen molar-refractivity contribution in [2.24, 2.45) is 5.92 Å². The predicted molar refractivity (Wildman–Crippen MR) is 105 cm³/mol. The van der Waals surface area contributed by atoms with Crippen LogP contribution in [0.4, 0.5) is 0 Å². The number of nitrogens with zero attached hydrogens (tertiary/aromatic N) is 1. The van der Waals surface area contributed by atoms with Crippen LogP contribution in [0.3, 0.4) is 0 Å². The molecule has 1 aromatic carbocycles. The van der Waals surface area contributed by atoms with Crippen LogP contribution in [0.25, 0.3) is 0 Å². The van der Waals surface area contributed by atoms with E-state index in [0.29, 0.717) is 18.5 Å². The summed E-state index contributed by atoms with van der Waals surface area (Å²) in [7, 11) is 5.39. The van der Waals surface area contributed by atoms with Gasteiger partial charge in [0.1, 0.15) is 5.69 Å². The third-order valence-corrected chi connectivity index (χ3v) is 5.21. The van der Waals surface area contributed by atoms with Crippen LogP contribution in [-0.2, 0) is 17.6 Å². The zero-order valence-electron chi connectivity index (χ0n) is 14.4. The van der Waals surface area contributed by atoms with Gasteiger partial charge in [-0.3, -0.25) is 4.79 Å². The number of thiazole rings is 1. The highest BCUT2D eigenvalue weighted by molar-refractivity contribution is 7.80. The number of hydrogen-bond acceptors (Lipinski definition) is 5. The largest absolute Gasteiger partial charge is 0.348 e. The van der Waals surface area contributed by atoms with Gasteiger partial charge in [0.25, 0.3) is 5.91 Å². The van der Waals surface area contributed by atoms with Crippen molar-refractivity contribution in [2.75, 3.05) is 0 Å². The molecule has 0 saturated heterocycles. The van der Waals surface area contributed by atoms with Gasteiger partial charge in [0.15, 0.2) is 7.85 Å². The second kappa shape index (κ2) is 9.20. The molecule has 2 aromatic rings. The minimum Gasteiger partial charge on any atom is -0.348 e. The molecule has 1 aromatic heterocycles. The van der Waals surface area contributed by atoms with Crippen molar-refractivity contribution in [2.45, 2.75) is 44.0 Å². The topological polar surface area (TPSA) is 59.1 Å². The van der Waals surface area contributed by atoms with E-state index in [4.69, 9.17) is 7.85 Å². The van der Waals surface area contributed by atoms with Gasteiger partial charge in [-0.05, 0) is 37.0 Å². The molecule has 0 fully saturated rings. The van der Waals surface area contributed by atoms with Crippen molar-refractivity contribution < 1.29 is 9.59 Å². The van der Waals surface area contributed by atoms with Gasteiger partial charge in [-0.25, -0.2) is 4.98 Å². The zero-order valence-corrected chi connectivity index (χ0v) is 16.1. The minimum absolute atomic E-state index is 0.211. The van der Waals surface area contributed by atoms with E-state index in [1.807, 2.05) is 31.2 Å². The number of thiol groups is 1. The monoisotopic (exact) mass is 372 g/mol. The van der Waals surface area contributed by atoms with Crippen LogP contribution in [0.5, 0.6) is 0 Å². The quantitative estimate of drug-likeness (QED) is 0.553. The first-order chi connectivity index (χ1) is 11.9. The van der Waals surface area contributed by atoms with Crippen molar-refractivity contribution in [3.8, 4) is 0 Å². The number of carbonyl (C=O) groups is 2. The molecule has 0 bridgehead atoms. The lowest BCUT2D eigenvalue weighted by Gasteiger charge is -2.21. The first-order valence-electron chi connectivity index (χ1n) is 8.21. The molecule has 1 amide bonds. The smallest absolute Gasteiger partial charge is 0.270 e.